The van der Waals surface area contributed by atoms with Crippen LogP contribution in [0.4, 0.5) is 5.69 Å². The van der Waals surface area contributed by atoms with Crippen molar-refractivity contribution in [1.82, 2.24) is 0 Å². The van der Waals surface area contributed by atoms with Crippen molar-refractivity contribution < 1.29 is 24.2 Å². The molecule has 1 amide bonds. The number of benzene rings is 1. The molecule has 4 rings (SSSR count). The minimum absolute atomic E-state index is 0.0339. The van der Waals surface area contributed by atoms with Crippen molar-refractivity contribution in [2.45, 2.75) is 44.4 Å². The normalized spacial score (nSPS) is 25.6. The Morgan fingerprint density at radius 2 is 1.78 bits per heavy atom. The summed E-state index contributed by atoms with van der Waals surface area (Å²) >= 11 is 5.97. The first-order chi connectivity index (χ1) is 12.9. The number of ether oxygens (including phenoxy) is 2. The second-order valence-corrected chi connectivity index (χ2v) is 7.80. The van der Waals surface area contributed by atoms with Gasteiger partial charge >= 0.3 is 0 Å². The smallest absolute Gasteiger partial charge is 0.294 e. The van der Waals surface area contributed by atoms with E-state index in [1.165, 1.54) is 11.8 Å². The summed E-state index contributed by atoms with van der Waals surface area (Å²) in [6.45, 7) is 2.59. The monoisotopic (exact) mass is 391 g/mol. The van der Waals surface area contributed by atoms with Crippen LogP contribution in [0.1, 0.15) is 32.6 Å². The lowest BCUT2D eigenvalue weighted by atomic mass is 9.77. The summed E-state index contributed by atoms with van der Waals surface area (Å²) in [5, 5.41) is 11.0. The molecule has 2 heterocycles. The molecule has 0 aromatic heterocycles. The molecule has 1 atom stereocenters. The molecule has 1 aliphatic carbocycles. The number of hydrogen-bond acceptors (Lipinski definition) is 5. The van der Waals surface area contributed by atoms with Crippen LogP contribution in [0.25, 0.3) is 0 Å². The van der Waals surface area contributed by atoms with Crippen molar-refractivity contribution >= 4 is 29.0 Å². The molecule has 3 aliphatic rings. The second-order valence-electron chi connectivity index (χ2n) is 7.36. The minimum atomic E-state index is -0.541. The average molecular weight is 392 g/mol. The number of halogens is 1. The second kappa shape index (κ2) is 6.93. The highest BCUT2D eigenvalue weighted by molar-refractivity contribution is 6.30. The summed E-state index contributed by atoms with van der Waals surface area (Å²) in [4.78, 5) is 26.6. The predicted octanol–water partition coefficient (Wildman–Crippen LogP) is 3.39. The molecule has 1 aromatic rings. The third-order valence-corrected chi connectivity index (χ3v) is 6.04. The summed E-state index contributed by atoms with van der Waals surface area (Å²) in [5.41, 5.74) is 0.815. The van der Waals surface area contributed by atoms with Gasteiger partial charge in [-0.3, -0.25) is 14.5 Å². The fourth-order valence-electron chi connectivity index (χ4n) is 4.51. The topological polar surface area (TPSA) is 76.1 Å². The van der Waals surface area contributed by atoms with E-state index in [9.17, 15) is 14.7 Å². The lowest BCUT2D eigenvalue weighted by molar-refractivity contribution is -0.182. The summed E-state index contributed by atoms with van der Waals surface area (Å²) in [5.74, 6) is -1.76. The van der Waals surface area contributed by atoms with Crippen molar-refractivity contribution in [3.8, 4) is 0 Å². The van der Waals surface area contributed by atoms with E-state index in [1.54, 1.807) is 24.3 Å². The molecule has 1 saturated carbocycles. The van der Waals surface area contributed by atoms with Gasteiger partial charge in [0.05, 0.1) is 24.8 Å². The number of carbonyl (C=O) groups excluding carboxylic acids is 2. The van der Waals surface area contributed by atoms with Gasteiger partial charge in [-0.15, -0.1) is 0 Å². The van der Waals surface area contributed by atoms with E-state index in [-0.39, 0.29) is 17.3 Å². The van der Waals surface area contributed by atoms with Gasteiger partial charge in [-0.2, -0.15) is 0 Å². The number of rotatable bonds is 3. The minimum Gasteiger partial charge on any atom is -0.503 e. The molecule has 1 spiro atoms. The molecule has 1 aromatic carbocycles. The Balaban J connectivity index is 1.66. The third kappa shape index (κ3) is 3.16. The quantitative estimate of drug-likeness (QED) is 0.854. The van der Waals surface area contributed by atoms with E-state index in [1.807, 2.05) is 0 Å². The number of anilines is 1. The molecular weight excluding hydrogens is 370 g/mol. The van der Waals surface area contributed by atoms with Crippen molar-refractivity contribution in [3.05, 3.63) is 40.6 Å². The maximum Gasteiger partial charge on any atom is 0.294 e. The first-order valence-electron chi connectivity index (χ1n) is 9.23. The Kier molecular flexibility index (Phi) is 4.74. The summed E-state index contributed by atoms with van der Waals surface area (Å²) in [7, 11) is 0. The van der Waals surface area contributed by atoms with Crippen LogP contribution in [0.5, 0.6) is 0 Å². The number of aliphatic hydroxyl groups excluding tert-OH is 1. The van der Waals surface area contributed by atoms with Gasteiger partial charge in [0.15, 0.2) is 17.3 Å². The van der Waals surface area contributed by atoms with Crippen LogP contribution in [-0.2, 0) is 19.1 Å². The van der Waals surface area contributed by atoms with E-state index in [2.05, 4.69) is 0 Å². The van der Waals surface area contributed by atoms with E-state index in [4.69, 9.17) is 21.1 Å². The van der Waals surface area contributed by atoms with Gasteiger partial charge in [0.1, 0.15) is 0 Å². The molecule has 2 fully saturated rings. The van der Waals surface area contributed by atoms with Crippen molar-refractivity contribution in [2.75, 3.05) is 18.1 Å². The summed E-state index contributed by atoms with van der Waals surface area (Å²) in [6.07, 6.45) is 2.91. The highest BCUT2D eigenvalue weighted by atomic mass is 35.5. The van der Waals surface area contributed by atoms with Gasteiger partial charge in [0.2, 0.25) is 0 Å². The number of aliphatic hydroxyl groups is 1. The number of amides is 1. The molecule has 1 saturated heterocycles. The predicted molar refractivity (Wildman–Crippen MR) is 99.7 cm³/mol. The summed E-state index contributed by atoms with van der Waals surface area (Å²) < 4.78 is 11.6. The molecular formula is C20H22ClNO5. The van der Waals surface area contributed by atoms with Crippen LogP contribution >= 0.6 is 11.6 Å². The standard InChI is InChI=1S/C20H22ClNO5/c1-12(23)16-17(13-6-8-20(9-7-13)26-10-11-27-20)22(19(25)18(16)24)15-4-2-14(21)3-5-15/h2-5,13,17,24H,6-11H2,1H3. The number of hydrogen-bond donors (Lipinski definition) is 1. The van der Waals surface area contributed by atoms with Crippen LogP contribution in [0, 0.1) is 5.92 Å². The lowest BCUT2D eigenvalue weighted by Gasteiger charge is -2.40. The SMILES string of the molecule is CC(=O)C1=C(O)C(=O)N(c2ccc(Cl)cc2)C1C1CCC2(CC1)OCCO2. The third-order valence-electron chi connectivity index (χ3n) is 5.79. The number of Topliss-reactive ketones (excluding diaryl/α,β-unsaturated/α-hetero) is 1. The van der Waals surface area contributed by atoms with Gasteiger partial charge in [-0.1, -0.05) is 11.6 Å². The Bertz CT molecular complexity index is 787. The van der Waals surface area contributed by atoms with Crippen molar-refractivity contribution in [3.63, 3.8) is 0 Å². The van der Waals surface area contributed by atoms with Gasteiger partial charge in [0, 0.05) is 23.6 Å². The van der Waals surface area contributed by atoms with Crippen LogP contribution in [0.15, 0.2) is 35.6 Å². The fourth-order valence-corrected chi connectivity index (χ4v) is 4.63. The molecule has 0 radical (unpaired) electrons. The van der Waals surface area contributed by atoms with Crippen molar-refractivity contribution in [2.24, 2.45) is 5.92 Å². The van der Waals surface area contributed by atoms with Gasteiger partial charge in [-0.05, 0) is 49.9 Å². The zero-order valence-electron chi connectivity index (χ0n) is 15.1. The highest BCUT2D eigenvalue weighted by Gasteiger charge is 2.49. The van der Waals surface area contributed by atoms with Crippen LogP contribution in [0.2, 0.25) is 5.02 Å². The van der Waals surface area contributed by atoms with E-state index < -0.39 is 23.5 Å². The number of nitrogens with zero attached hydrogens (tertiary/aromatic N) is 1. The Hall–Kier alpha value is -1.89. The van der Waals surface area contributed by atoms with Crippen LogP contribution in [0.3, 0.4) is 0 Å². The van der Waals surface area contributed by atoms with Crippen LogP contribution < -0.4 is 4.90 Å². The number of carbonyl (C=O) groups is 2. The summed E-state index contributed by atoms with van der Waals surface area (Å²) in [6, 6.07) is 6.36. The Morgan fingerprint density at radius 3 is 2.33 bits per heavy atom. The molecule has 27 heavy (non-hydrogen) atoms. The molecule has 1 N–H and O–H groups in total. The van der Waals surface area contributed by atoms with E-state index in [0.29, 0.717) is 36.8 Å². The Labute approximate surface area is 162 Å². The molecule has 1 unspecified atom stereocenters. The lowest BCUT2D eigenvalue weighted by Crippen LogP contribution is -2.46. The maximum absolute atomic E-state index is 12.8. The first-order valence-corrected chi connectivity index (χ1v) is 9.61. The molecule has 6 nitrogen and oxygen atoms in total. The largest absolute Gasteiger partial charge is 0.503 e. The molecule has 7 heteroatoms. The maximum atomic E-state index is 12.8. The molecule has 2 aliphatic heterocycles. The Morgan fingerprint density at radius 1 is 1.19 bits per heavy atom. The van der Waals surface area contributed by atoms with Crippen LogP contribution in [-0.4, -0.2) is 41.8 Å². The number of ketones is 1. The van der Waals surface area contributed by atoms with Gasteiger partial charge in [-0.25, -0.2) is 0 Å². The average Bonchev–Trinajstić information content (AvgIpc) is 3.20. The molecule has 144 valence electrons. The van der Waals surface area contributed by atoms with E-state index in [0.717, 1.165) is 12.8 Å². The van der Waals surface area contributed by atoms with E-state index >= 15 is 0 Å². The first kappa shape index (κ1) is 18.5. The van der Waals surface area contributed by atoms with Crippen molar-refractivity contribution in [1.29, 1.82) is 0 Å². The highest BCUT2D eigenvalue weighted by Crippen LogP contribution is 2.45. The fraction of sp³-hybridized carbons (Fsp3) is 0.500. The van der Waals surface area contributed by atoms with Gasteiger partial charge < -0.3 is 14.6 Å². The molecule has 0 bridgehead atoms. The zero-order valence-corrected chi connectivity index (χ0v) is 15.9. The van der Waals surface area contributed by atoms with Gasteiger partial charge in [0.25, 0.3) is 5.91 Å². The zero-order chi connectivity index (χ0) is 19.2.